The molecule has 6 nitrogen and oxygen atoms in total. The Morgan fingerprint density at radius 2 is 1.28 bits per heavy atom. The van der Waals surface area contributed by atoms with Crippen LogP contribution in [-0.2, 0) is 6.54 Å². The third-order valence-corrected chi connectivity index (χ3v) is 4.75. The van der Waals surface area contributed by atoms with Gasteiger partial charge in [0.2, 0.25) is 0 Å². The largest absolute Gasteiger partial charge is 0.328 e. The van der Waals surface area contributed by atoms with Crippen LogP contribution >= 0.6 is 0 Å². The maximum Gasteiger partial charge on any atom is 0.323 e. The van der Waals surface area contributed by atoms with Gasteiger partial charge in [0, 0.05) is 29.7 Å². The Bertz CT molecular complexity index is 1260. The number of para-hydroxylation sites is 1. The van der Waals surface area contributed by atoms with E-state index >= 15 is 0 Å². The van der Waals surface area contributed by atoms with Crippen LogP contribution < -0.4 is 16.1 Å². The number of nitrogens with one attached hydrogen (secondary N) is 2. The van der Waals surface area contributed by atoms with Crippen molar-refractivity contribution in [3.05, 3.63) is 126 Å². The van der Waals surface area contributed by atoms with E-state index < -0.39 is 0 Å². The lowest BCUT2D eigenvalue weighted by atomic mass is 10.2. The molecule has 3 aromatic carbocycles. The molecule has 0 bridgehead atoms. The van der Waals surface area contributed by atoms with Gasteiger partial charge in [-0.2, -0.15) is 4.99 Å². The first-order chi connectivity index (χ1) is 15.7. The van der Waals surface area contributed by atoms with Crippen LogP contribution in [0.2, 0.25) is 0 Å². The number of urea groups is 1. The number of carbonyl (C=O) groups is 2. The molecule has 0 aliphatic rings. The zero-order valence-electron chi connectivity index (χ0n) is 17.3. The van der Waals surface area contributed by atoms with E-state index in [1.165, 1.54) is 0 Å². The average Bonchev–Trinajstić information content (AvgIpc) is 2.82. The first kappa shape index (κ1) is 20.8. The van der Waals surface area contributed by atoms with E-state index in [1.807, 2.05) is 77.5 Å². The van der Waals surface area contributed by atoms with Gasteiger partial charge >= 0.3 is 6.03 Å². The Hall–Kier alpha value is -4.45. The summed E-state index contributed by atoms with van der Waals surface area (Å²) in [6.45, 7) is 0.618. The number of rotatable bonds is 5. The molecule has 0 atom stereocenters. The summed E-state index contributed by atoms with van der Waals surface area (Å²) in [5.74, 6) is -0.349. The molecule has 4 aromatic rings. The lowest BCUT2D eigenvalue weighted by Crippen LogP contribution is -2.22. The van der Waals surface area contributed by atoms with E-state index in [1.54, 1.807) is 36.4 Å². The number of benzene rings is 3. The molecule has 0 aliphatic heterocycles. The minimum Gasteiger partial charge on any atom is -0.328 e. The number of hydrogen-bond donors (Lipinski definition) is 2. The molecule has 1 heterocycles. The molecule has 0 radical (unpaired) electrons. The molecular formula is C26H22N4O2. The molecule has 0 aliphatic carbocycles. The van der Waals surface area contributed by atoms with Crippen molar-refractivity contribution in [3.8, 4) is 0 Å². The third-order valence-electron chi connectivity index (χ3n) is 4.75. The van der Waals surface area contributed by atoms with Crippen molar-refractivity contribution in [1.82, 2.24) is 4.57 Å². The number of nitrogens with zero attached hydrogens (tertiary/aromatic N) is 2. The number of amides is 3. The lowest BCUT2D eigenvalue weighted by molar-refractivity contribution is 0.0997. The minimum atomic E-state index is -0.355. The molecule has 0 fully saturated rings. The maximum absolute atomic E-state index is 12.7. The summed E-state index contributed by atoms with van der Waals surface area (Å²) in [6.07, 6.45) is 1.90. The van der Waals surface area contributed by atoms with E-state index in [0.717, 1.165) is 5.56 Å². The Balaban J connectivity index is 1.45. The summed E-state index contributed by atoms with van der Waals surface area (Å²) in [6, 6.07) is 31.0. The summed E-state index contributed by atoms with van der Waals surface area (Å²) in [7, 11) is 0. The van der Waals surface area contributed by atoms with Crippen LogP contribution in [0.25, 0.3) is 0 Å². The van der Waals surface area contributed by atoms with Crippen molar-refractivity contribution in [2.24, 2.45) is 4.99 Å². The molecular weight excluding hydrogens is 400 g/mol. The topological polar surface area (TPSA) is 75.5 Å². The molecule has 4 rings (SSSR count). The lowest BCUT2D eigenvalue weighted by Gasteiger charge is -2.08. The summed E-state index contributed by atoms with van der Waals surface area (Å²) >= 11 is 0. The van der Waals surface area contributed by atoms with E-state index in [-0.39, 0.29) is 11.9 Å². The smallest absolute Gasteiger partial charge is 0.323 e. The molecule has 3 amide bonds. The fraction of sp³-hybridized carbons (Fsp3) is 0.0385. The van der Waals surface area contributed by atoms with Gasteiger partial charge in [0.15, 0.2) is 0 Å². The van der Waals surface area contributed by atoms with Crippen LogP contribution in [0, 0.1) is 0 Å². The number of aromatic nitrogens is 1. The van der Waals surface area contributed by atoms with Gasteiger partial charge in [-0.05, 0) is 54.1 Å². The van der Waals surface area contributed by atoms with Gasteiger partial charge in [-0.25, -0.2) is 4.79 Å². The molecule has 1 aromatic heterocycles. The van der Waals surface area contributed by atoms with Crippen LogP contribution in [-0.4, -0.2) is 16.5 Å². The number of pyridine rings is 1. The van der Waals surface area contributed by atoms with Crippen LogP contribution in [0.4, 0.5) is 16.2 Å². The van der Waals surface area contributed by atoms with Gasteiger partial charge in [0.1, 0.15) is 5.49 Å². The second-order valence-electron chi connectivity index (χ2n) is 7.11. The van der Waals surface area contributed by atoms with Crippen molar-refractivity contribution in [2.75, 3.05) is 10.6 Å². The number of hydrogen-bond acceptors (Lipinski definition) is 2. The molecule has 2 N–H and O–H groups in total. The van der Waals surface area contributed by atoms with Gasteiger partial charge in [-0.1, -0.05) is 54.6 Å². The van der Waals surface area contributed by atoms with Crippen LogP contribution in [0.15, 0.2) is 114 Å². The van der Waals surface area contributed by atoms with E-state index in [9.17, 15) is 9.59 Å². The molecule has 6 heteroatoms. The monoisotopic (exact) mass is 422 g/mol. The second kappa shape index (κ2) is 10.0. The van der Waals surface area contributed by atoms with Crippen molar-refractivity contribution >= 4 is 23.3 Å². The number of anilines is 2. The first-order valence-corrected chi connectivity index (χ1v) is 10.2. The Morgan fingerprint density at radius 1 is 0.688 bits per heavy atom. The highest BCUT2D eigenvalue weighted by Gasteiger charge is 2.07. The first-order valence-electron chi connectivity index (χ1n) is 10.2. The fourth-order valence-electron chi connectivity index (χ4n) is 3.16. The second-order valence-corrected chi connectivity index (χ2v) is 7.11. The van der Waals surface area contributed by atoms with Crippen LogP contribution in [0.3, 0.4) is 0 Å². The summed E-state index contributed by atoms with van der Waals surface area (Å²) in [5.41, 5.74) is 3.41. The van der Waals surface area contributed by atoms with Crippen LogP contribution in [0.5, 0.6) is 0 Å². The Kier molecular flexibility index (Phi) is 6.53. The van der Waals surface area contributed by atoms with E-state index in [0.29, 0.717) is 29.0 Å². The highest BCUT2D eigenvalue weighted by Crippen LogP contribution is 2.12. The molecule has 0 spiro atoms. The predicted octanol–water partition coefficient (Wildman–Crippen LogP) is 4.92. The highest BCUT2D eigenvalue weighted by molar-refractivity contribution is 6.00. The third kappa shape index (κ3) is 5.58. The van der Waals surface area contributed by atoms with Crippen molar-refractivity contribution < 1.29 is 9.59 Å². The van der Waals surface area contributed by atoms with Gasteiger partial charge < -0.3 is 15.2 Å². The zero-order valence-corrected chi connectivity index (χ0v) is 17.3. The van der Waals surface area contributed by atoms with Gasteiger partial charge in [-0.3, -0.25) is 4.79 Å². The fourth-order valence-corrected chi connectivity index (χ4v) is 3.16. The van der Waals surface area contributed by atoms with E-state index in [4.69, 9.17) is 0 Å². The van der Waals surface area contributed by atoms with Gasteiger partial charge in [0.25, 0.3) is 5.91 Å². The Labute approximate surface area is 185 Å². The quantitative estimate of drug-likeness (QED) is 0.479. The minimum absolute atomic E-state index is 0.349. The summed E-state index contributed by atoms with van der Waals surface area (Å²) in [4.78, 5) is 29.1. The predicted molar refractivity (Wildman–Crippen MR) is 125 cm³/mol. The SMILES string of the molecule is O=C(Nc1ccccc1)Nc1ccc(C(=O)N=c2ccccn2Cc2ccccc2)cc1. The van der Waals surface area contributed by atoms with Crippen molar-refractivity contribution in [1.29, 1.82) is 0 Å². The molecule has 0 saturated carbocycles. The van der Waals surface area contributed by atoms with Crippen LogP contribution in [0.1, 0.15) is 15.9 Å². The van der Waals surface area contributed by atoms with Gasteiger partial charge in [0.05, 0.1) is 0 Å². The van der Waals surface area contributed by atoms with Crippen molar-refractivity contribution in [2.45, 2.75) is 6.54 Å². The van der Waals surface area contributed by atoms with Gasteiger partial charge in [-0.15, -0.1) is 0 Å². The molecule has 0 saturated heterocycles. The average molecular weight is 422 g/mol. The van der Waals surface area contributed by atoms with E-state index in [2.05, 4.69) is 15.6 Å². The zero-order chi connectivity index (χ0) is 22.2. The molecule has 0 unspecified atom stereocenters. The highest BCUT2D eigenvalue weighted by atomic mass is 16.2. The Morgan fingerprint density at radius 3 is 1.97 bits per heavy atom. The summed E-state index contributed by atoms with van der Waals surface area (Å²) in [5, 5.41) is 5.49. The number of carbonyl (C=O) groups excluding carboxylic acids is 2. The normalized spacial score (nSPS) is 11.1. The van der Waals surface area contributed by atoms with Crippen molar-refractivity contribution in [3.63, 3.8) is 0 Å². The summed E-state index contributed by atoms with van der Waals surface area (Å²) < 4.78 is 1.93. The maximum atomic E-state index is 12.7. The standard InChI is InChI=1S/C26H22N4O2/c31-25(29-24-13-7-8-18-30(24)19-20-9-3-1-4-10-20)21-14-16-23(17-15-21)28-26(32)27-22-11-5-2-6-12-22/h1-18H,19H2,(H2,27,28,32). The molecule has 158 valence electrons. The molecule has 32 heavy (non-hydrogen) atoms.